The summed E-state index contributed by atoms with van der Waals surface area (Å²) in [6.45, 7) is 3.75. The Morgan fingerprint density at radius 1 is 1.43 bits per heavy atom. The third-order valence-corrected chi connectivity index (χ3v) is 4.20. The van der Waals surface area contributed by atoms with Gasteiger partial charge in [-0.2, -0.15) is 0 Å². The van der Waals surface area contributed by atoms with Crippen molar-refractivity contribution in [3.05, 3.63) is 17.0 Å². The van der Waals surface area contributed by atoms with Gasteiger partial charge in [0.2, 0.25) is 0 Å². The normalized spacial score (nSPS) is 25.5. The van der Waals surface area contributed by atoms with E-state index in [1.165, 1.54) is 0 Å². The summed E-state index contributed by atoms with van der Waals surface area (Å²) in [5.74, 6) is -3.96. The zero-order chi connectivity index (χ0) is 15.6. The maximum Gasteiger partial charge on any atom is 0.306 e. The molecule has 118 valence electrons. The Kier molecular flexibility index (Phi) is 4.61. The third kappa shape index (κ3) is 3.58. The van der Waals surface area contributed by atoms with Crippen LogP contribution in [0.3, 0.4) is 0 Å². The first kappa shape index (κ1) is 15.9. The van der Waals surface area contributed by atoms with Crippen LogP contribution in [0.2, 0.25) is 0 Å². The van der Waals surface area contributed by atoms with Crippen LogP contribution < -0.4 is 5.32 Å². The quantitative estimate of drug-likeness (QED) is 0.836. The van der Waals surface area contributed by atoms with Crippen molar-refractivity contribution < 1.29 is 23.2 Å². The number of nitrogens with one attached hydrogen (secondary N) is 1. The second-order valence-corrected chi connectivity index (χ2v) is 5.65. The number of carboxylic acids is 1. The Hall–Kier alpha value is -1.50. The Bertz CT molecular complexity index is 497. The summed E-state index contributed by atoms with van der Waals surface area (Å²) in [6, 6.07) is -1.02. The highest BCUT2D eigenvalue weighted by atomic mass is 19.3. The number of carbonyl (C=O) groups is 1. The molecule has 0 bridgehead atoms. The predicted octanol–water partition coefficient (Wildman–Crippen LogP) is 2.66. The molecule has 1 aromatic rings. The van der Waals surface area contributed by atoms with Crippen molar-refractivity contribution in [1.82, 2.24) is 10.5 Å². The summed E-state index contributed by atoms with van der Waals surface area (Å²) in [6.07, 6.45) is 0.0343. The molecule has 1 saturated carbocycles. The van der Waals surface area contributed by atoms with E-state index >= 15 is 0 Å². The molecule has 0 spiro atoms. The first-order valence-corrected chi connectivity index (χ1v) is 7.07. The summed E-state index contributed by atoms with van der Waals surface area (Å²) >= 11 is 0. The Balaban J connectivity index is 2.02. The van der Waals surface area contributed by atoms with E-state index in [2.05, 4.69) is 10.5 Å². The topological polar surface area (TPSA) is 75.4 Å². The van der Waals surface area contributed by atoms with E-state index in [9.17, 15) is 13.6 Å². The summed E-state index contributed by atoms with van der Waals surface area (Å²) < 4.78 is 33.2. The minimum Gasteiger partial charge on any atom is -0.481 e. The molecule has 0 saturated heterocycles. The molecule has 0 unspecified atom stereocenters. The van der Waals surface area contributed by atoms with Gasteiger partial charge in [0.15, 0.2) is 0 Å². The van der Waals surface area contributed by atoms with Gasteiger partial charge in [0.05, 0.1) is 17.7 Å². The van der Waals surface area contributed by atoms with Gasteiger partial charge < -0.3 is 14.9 Å². The van der Waals surface area contributed by atoms with Crippen molar-refractivity contribution in [2.24, 2.45) is 5.92 Å². The van der Waals surface area contributed by atoms with Crippen LogP contribution in [-0.2, 0) is 11.3 Å². The maximum absolute atomic E-state index is 14.1. The molecule has 2 atom stereocenters. The molecule has 1 aromatic heterocycles. The Morgan fingerprint density at radius 2 is 2.14 bits per heavy atom. The smallest absolute Gasteiger partial charge is 0.306 e. The van der Waals surface area contributed by atoms with Gasteiger partial charge in [-0.3, -0.25) is 4.79 Å². The number of rotatable bonds is 4. The molecule has 7 heteroatoms. The lowest BCUT2D eigenvalue weighted by Crippen LogP contribution is -2.43. The molecule has 2 N–H and O–H groups in total. The second-order valence-electron chi connectivity index (χ2n) is 5.65. The van der Waals surface area contributed by atoms with Crippen molar-refractivity contribution in [3.8, 4) is 0 Å². The number of nitrogens with zero attached hydrogens (tertiary/aromatic N) is 1. The van der Waals surface area contributed by atoms with Crippen LogP contribution in [0.25, 0.3) is 0 Å². The lowest BCUT2D eigenvalue weighted by molar-refractivity contribution is -0.142. The fraction of sp³-hybridized carbons (Fsp3) is 0.714. The fourth-order valence-corrected chi connectivity index (χ4v) is 2.74. The number of carboxylic acid groups (broad SMARTS) is 1. The van der Waals surface area contributed by atoms with Crippen molar-refractivity contribution in [2.45, 2.75) is 58.0 Å². The van der Waals surface area contributed by atoms with E-state index in [-0.39, 0.29) is 25.8 Å². The summed E-state index contributed by atoms with van der Waals surface area (Å²) in [7, 11) is 0. The Morgan fingerprint density at radius 3 is 2.71 bits per heavy atom. The van der Waals surface area contributed by atoms with E-state index in [1.54, 1.807) is 13.8 Å². The Labute approximate surface area is 121 Å². The van der Waals surface area contributed by atoms with Crippen LogP contribution in [0.1, 0.15) is 42.7 Å². The first-order chi connectivity index (χ1) is 9.81. The lowest BCUT2D eigenvalue weighted by atomic mass is 10.0. The van der Waals surface area contributed by atoms with E-state index in [4.69, 9.17) is 9.63 Å². The molecule has 1 aliphatic rings. The van der Waals surface area contributed by atoms with Gasteiger partial charge in [0, 0.05) is 18.5 Å². The van der Waals surface area contributed by atoms with Crippen molar-refractivity contribution >= 4 is 5.97 Å². The van der Waals surface area contributed by atoms with Crippen LogP contribution in [0.4, 0.5) is 8.78 Å². The van der Waals surface area contributed by atoms with Gasteiger partial charge in [-0.05, 0) is 33.1 Å². The van der Waals surface area contributed by atoms with E-state index in [0.717, 1.165) is 5.56 Å². The van der Waals surface area contributed by atoms with Crippen molar-refractivity contribution in [2.75, 3.05) is 0 Å². The summed E-state index contributed by atoms with van der Waals surface area (Å²) in [5.41, 5.74) is 1.46. The average Bonchev–Trinajstić information content (AvgIpc) is 2.63. The molecule has 0 aliphatic heterocycles. The number of hydrogen-bond donors (Lipinski definition) is 2. The zero-order valence-electron chi connectivity index (χ0n) is 12.2. The van der Waals surface area contributed by atoms with Crippen LogP contribution in [-0.4, -0.2) is 28.2 Å². The third-order valence-electron chi connectivity index (χ3n) is 4.20. The maximum atomic E-state index is 14.1. The van der Waals surface area contributed by atoms with Gasteiger partial charge >= 0.3 is 5.97 Å². The molecular weight excluding hydrogens is 282 g/mol. The van der Waals surface area contributed by atoms with Gasteiger partial charge in [-0.15, -0.1) is 0 Å². The van der Waals surface area contributed by atoms with E-state index < -0.39 is 30.3 Å². The average molecular weight is 302 g/mol. The molecular formula is C14H20F2N2O3. The standard InChI is InChI=1S/C14H20F2N2O3/c1-8-11(9(2)21-18-8)7-17-12-4-3-10(13(19)20)5-6-14(12,15)16/h10,12,17H,3-7H2,1-2H3,(H,19,20)/t10-,12-/m1/s1. The number of aryl methyl sites for hydroxylation is 2. The van der Waals surface area contributed by atoms with Crippen molar-refractivity contribution in [3.63, 3.8) is 0 Å². The zero-order valence-corrected chi connectivity index (χ0v) is 12.2. The van der Waals surface area contributed by atoms with Crippen LogP contribution in [0.15, 0.2) is 4.52 Å². The van der Waals surface area contributed by atoms with Gasteiger partial charge in [-0.1, -0.05) is 5.16 Å². The van der Waals surface area contributed by atoms with E-state index in [0.29, 0.717) is 11.5 Å². The monoisotopic (exact) mass is 302 g/mol. The number of aliphatic carboxylic acids is 1. The number of aromatic nitrogens is 1. The van der Waals surface area contributed by atoms with Gasteiger partial charge in [0.25, 0.3) is 5.92 Å². The van der Waals surface area contributed by atoms with Crippen LogP contribution in [0, 0.1) is 19.8 Å². The van der Waals surface area contributed by atoms with Crippen LogP contribution in [0.5, 0.6) is 0 Å². The molecule has 0 radical (unpaired) electrons. The summed E-state index contributed by atoms with van der Waals surface area (Å²) in [5, 5.41) is 15.6. The summed E-state index contributed by atoms with van der Waals surface area (Å²) in [4.78, 5) is 11.0. The highest BCUT2D eigenvalue weighted by Gasteiger charge is 2.43. The van der Waals surface area contributed by atoms with Gasteiger partial charge in [-0.25, -0.2) is 8.78 Å². The number of alkyl halides is 2. The molecule has 5 nitrogen and oxygen atoms in total. The predicted molar refractivity (Wildman–Crippen MR) is 71.1 cm³/mol. The largest absolute Gasteiger partial charge is 0.481 e. The molecule has 2 rings (SSSR count). The van der Waals surface area contributed by atoms with Crippen LogP contribution >= 0.6 is 0 Å². The SMILES string of the molecule is Cc1noc(C)c1CN[C@@H]1CC[C@@H](C(=O)O)CCC1(F)F. The molecule has 1 aliphatic carbocycles. The van der Waals surface area contributed by atoms with Crippen molar-refractivity contribution in [1.29, 1.82) is 0 Å². The lowest BCUT2D eigenvalue weighted by Gasteiger charge is -2.25. The molecule has 1 heterocycles. The molecule has 21 heavy (non-hydrogen) atoms. The molecule has 0 aromatic carbocycles. The molecule has 1 fully saturated rings. The number of hydrogen-bond acceptors (Lipinski definition) is 4. The number of halogens is 2. The minimum atomic E-state index is -2.90. The van der Waals surface area contributed by atoms with Gasteiger partial charge in [0.1, 0.15) is 5.76 Å². The fourth-order valence-electron chi connectivity index (χ4n) is 2.74. The minimum absolute atomic E-state index is 0.0197. The molecule has 0 amide bonds. The highest BCUT2D eigenvalue weighted by Crippen LogP contribution is 2.35. The van der Waals surface area contributed by atoms with E-state index in [1.807, 2.05) is 0 Å². The first-order valence-electron chi connectivity index (χ1n) is 7.07. The highest BCUT2D eigenvalue weighted by molar-refractivity contribution is 5.69. The second kappa shape index (κ2) is 6.09.